The summed E-state index contributed by atoms with van der Waals surface area (Å²) < 4.78 is 12.0. The molecule has 0 spiro atoms. The van der Waals surface area contributed by atoms with E-state index < -0.39 is 0 Å². The van der Waals surface area contributed by atoms with Crippen molar-refractivity contribution >= 4 is 0 Å². The van der Waals surface area contributed by atoms with E-state index in [4.69, 9.17) is 9.47 Å². The smallest absolute Gasteiger partial charge is 0.218 e. The topological polar surface area (TPSA) is 72.9 Å². The Balaban J connectivity index is 1.38. The SMILES string of the molecule is CCCCCc1ccc(CCc2cccc3c2OCC(c2nn[nH]n2)O3)cc1. The van der Waals surface area contributed by atoms with Gasteiger partial charge in [0.05, 0.1) is 0 Å². The van der Waals surface area contributed by atoms with Crippen molar-refractivity contribution < 1.29 is 9.47 Å². The number of unbranched alkanes of at least 4 members (excludes halogenated alkanes) is 2. The number of nitrogens with zero attached hydrogens (tertiary/aromatic N) is 3. The van der Waals surface area contributed by atoms with E-state index in [0.717, 1.165) is 29.9 Å². The van der Waals surface area contributed by atoms with Crippen molar-refractivity contribution in [1.29, 1.82) is 0 Å². The Bertz CT molecular complexity index is 878. The van der Waals surface area contributed by atoms with Crippen LogP contribution in [0.5, 0.6) is 11.5 Å². The number of para-hydroxylation sites is 1. The van der Waals surface area contributed by atoms with Crippen LogP contribution in [0.25, 0.3) is 0 Å². The van der Waals surface area contributed by atoms with E-state index in [-0.39, 0.29) is 6.10 Å². The second-order valence-corrected chi connectivity index (χ2v) is 7.21. The molecule has 1 atom stereocenters. The quantitative estimate of drug-likeness (QED) is 0.594. The Morgan fingerprint density at radius 1 is 1.00 bits per heavy atom. The largest absolute Gasteiger partial charge is 0.485 e. The number of aromatic amines is 1. The van der Waals surface area contributed by atoms with Gasteiger partial charge in [-0.25, -0.2) is 0 Å². The molecular weight excluding hydrogens is 352 g/mol. The lowest BCUT2D eigenvalue weighted by atomic mass is 10.0. The molecule has 0 radical (unpaired) electrons. The molecule has 1 N–H and O–H groups in total. The number of ether oxygens (including phenoxy) is 2. The van der Waals surface area contributed by atoms with Crippen LogP contribution in [0.1, 0.15) is 54.8 Å². The first kappa shape index (κ1) is 18.5. The molecule has 2 heterocycles. The van der Waals surface area contributed by atoms with Gasteiger partial charge >= 0.3 is 0 Å². The minimum Gasteiger partial charge on any atom is -0.485 e. The maximum atomic E-state index is 6.02. The first-order valence-electron chi connectivity index (χ1n) is 10.1. The molecule has 6 nitrogen and oxygen atoms in total. The van der Waals surface area contributed by atoms with Gasteiger partial charge in [-0.3, -0.25) is 0 Å². The van der Waals surface area contributed by atoms with Gasteiger partial charge in [-0.05, 0) is 48.4 Å². The maximum Gasteiger partial charge on any atom is 0.218 e. The van der Waals surface area contributed by atoms with Gasteiger partial charge in [0, 0.05) is 0 Å². The van der Waals surface area contributed by atoms with E-state index in [9.17, 15) is 0 Å². The number of fused-ring (bicyclic) bond motifs is 1. The molecule has 0 fully saturated rings. The second kappa shape index (κ2) is 8.87. The van der Waals surface area contributed by atoms with Gasteiger partial charge in [-0.2, -0.15) is 5.21 Å². The number of aromatic nitrogens is 4. The fourth-order valence-electron chi connectivity index (χ4n) is 3.52. The number of rotatable bonds is 8. The molecule has 0 saturated carbocycles. The van der Waals surface area contributed by atoms with Crippen molar-refractivity contribution in [3.05, 3.63) is 65.0 Å². The monoisotopic (exact) mass is 378 g/mol. The van der Waals surface area contributed by atoms with Crippen LogP contribution < -0.4 is 9.47 Å². The first-order valence-corrected chi connectivity index (χ1v) is 10.1. The highest BCUT2D eigenvalue weighted by molar-refractivity contribution is 5.48. The number of benzene rings is 2. The molecule has 0 saturated heterocycles. The van der Waals surface area contributed by atoms with Crippen molar-refractivity contribution in [3.8, 4) is 11.5 Å². The molecule has 0 amide bonds. The maximum absolute atomic E-state index is 6.02. The van der Waals surface area contributed by atoms with Crippen LogP contribution in [0, 0.1) is 0 Å². The fourth-order valence-corrected chi connectivity index (χ4v) is 3.52. The Kier molecular flexibility index (Phi) is 5.85. The van der Waals surface area contributed by atoms with Gasteiger partial charge in [-0.15, -0.1) is 10.2 Å². The molecule has 28 heavy (non-hydrogen) atoms. The van der Waals surface area contributed by atoms with E-state index in [0.29, 0.717) is 12.4 Å². The third-order valence-corrected chi connectivity index (χ3v) is 5.13. The normalized spacial score (nSPS) is 15.5. The Morgan fingerprint density at radius 2 is 1.82 bits per heavy atom. The van der Waals surface area contributed by atoms with Crippen molar-refractivity contribution in [3.63, 3.8) is 0 Å². The summed E-state index contributed by atoms with van der Waals surface area (Å²) in [6, 6.07) is 15.1. The highest BCUT2D eigenvalue weighted by atomic mass is 16.6. The number of hydrogen-bond acceptors (Lipinski definition) is 5. The molecule has 0 aliphatic carbocycles. The van der Waals surface area contributed by atoms with E-state index in [1.165, 1.54) is 36.8 Å². The molecule has 0 bridgehead atoms. The lowest BCUT2D eigenvalue weighted by molar-refractivity contribution is 0.0841. The number of nitrogens with one attached hydrogen (secondary N) is 1. The molecule has 6 heteroatoms. The number of hydrogen-bond donors (Lipinski definition) is 1. The molecular formula is C22H26N4O2. The average Bonchev–Trinajstić information content (AvgIpc) is 3.28. The van der Waals surface area contributed by atoms with E-state index >= 15 is 0 Å². The van der Waals surface area contributed by atoms with Crippen molar-refractivity contribution in [2.24, 2.45) is 0 Å². The molecule has 1 aliphatic heterocycles. The van der Waals surface area contributed by atoms with Crippen LogP contribution in [0.3, 0.4) is 0 Å². The molecule has 2 aromatic carbocycles. The van der Waals surface area contributed by atoms with Crippen LogP contribution in [0.4, 0.5) is 0 Å². The van der Waals surface area contributed by atoms with Gasteiger partial charge in [0.1, 0.15) is 6.61 Å². The predicted octanol–water partition coefficient (Wildman–Crippen LogP) is 4.23. The zero-order valence-electron chi connectivity index (χ0n) is 16.2. The molecule has 1 aromatic heterocycles. The lowest BCUT2D eigenvalue weighted by Gasteiger charge is -2.26. The van der Waals surface area contributed by atoms with Crippen molar-refractivity contribution in [2.45, 2.75) is 51.6 Å². The van der Waals surface area contributed by atoms with Gasteiger partial charge in [-0.1, -0.05) is 61.4 Å². The highest BCUT2D eigenvalue weighted by Gasteiger charge is 2.27. The van der Waals surface area contributed by atoms with Crippen molar-refractivity contribution in [1.82, 2.24) is 20.6 Å². The Labute approximate surface area is 165 Å². The zero-order chi connectivity index (χ0) is 19.2. The predicted molar refractivity (Wildman–Crippen MR) is 107 cm³/mol. The third-order valence-electron chi connectivity index (χ3n) is 5.13. The standard InChI is InChI=1S/C22H26N4O2/c1-2-3-4-6-16-9-11-17(12-10-16)13-14-18-7-5-8-19-21(18)27-15-20(28-19)22-23-25-26-24-22/h5,7-12,20H,2-4,6,13-15H2,1H3,(H,23,24,25,26). The number of aryl methyl sites for hydroxylation is 3. The zero-order valence-corrected chi connectivity index (χ0v) is 16.2. The Morgan fingerprint density at radius 3 is 2.57 bits per heavy atom. The van der Waals surface area contributed by atoms with Crippen LogP contribution in [0.2, 0.25) is 0 Å². The van der Waals surface area contributed by atoms with Crippen LogP contribution in [-0.4, -0.2) is 27.2 Å². The van der Waals surface area contributed by atoms with Gasteiger partial charge in [0.25, 0.3) is 0 Å². The van der Waals surface area contributed by atoms with Gasteiger partial charge < -0.3 is 9.47 Å². The summed E-state index contributed by atoms with van der Waals surface area (Å²) in [6.45, 7) is 2.63. The van der Waals surface area contributed by atoms with Crippen LogP contribution >= 0.6 is 0 Å². The van der Waals surface area contributed by atoms with Gasteiger partial charge in [0.2, 0.25) is 5.82 Å². The molecule has 1 unspecified atom stereocenters. The van der Waals surface area contributed by atoms with Crippen LogP contribution in [0.15, 0.2) is 42.5 Å². The molecule has 4 rings (SSSR count). The average molecular weight is 378 g/mol. The van der Waals surface area contributed by atoms with Crippen molar-refractivity contribution in [2.75, 3.05) is 6.61 Å². The fraction of sp³-hybridized carbons (Fsp3) is 0.409. The minimum atomic E-state index is -0.332. The molecule has 146 valence electrons. The van der Waals surface area contributed by atoms with E-state index in [2.05, 4.69) is 57.9 Å². The summed E-state index contributed by atoms with van der Waals surface area (Å²) in [5, 5.41) is 14.0. The second-order valence-electron chi connectivity index (χ2n) is 7.21. The van der Waals surface area contributed by atoms with E-state index in [1.807, 2.05) is 12.1 Å². The molecule has 1 aliphatic rings. The molecule has 3 aromatic rings. The third kappa shape index (κ3) is 4.32. The van der Waals surface area contributed by atoms with E-state index in [1.54, 1.807) is 0 Å². The number of tetrazole rings is 1. The Hall–Kier alpha value is -2.89. The minimum absolute atomic E-state index is 0.332. The van der Waals surface area contributed by atoms with Crippen LogP contribution in [-0.2, 0) is 19.3 Å². The lowest BCUT2D eigenvalue weighted by Crippen LogP contribution is -2.23. The summed E-state index contributed by atoms with van der Waals surface area (Å²) in [5.74, 6) is 2.08. The van der Waals surface area contributed by atoms with Gasteiger partial charge in [0.15, 0.2) is 17.6 Å². The first-order chi connectivity index (χ1) is 13.8. The summed E-state index contributed by atoms with van der Waals surface area (Å²) in [4.78, 5) is 0. The number of H-pyrrole nitrogens is 1. The highest BCUT2D eigenvalue weighted by Crippen LogP contribution is 2.38. The summed E-state index contributed by atoms with van der Waals surface area (Å²) in [7, 11) is 0. The summed E-state index contributed by atoms with van der Waals surface area (Å²) in [6.07, 6.45) is 6.57. The summed E-state index contributed by atoms with van der Waals surface area (Å²) in [5.41, 5.74) is 3.94. The summed E-state index contributed by atoms with van der Waals surface area (Å²) >= 11 is 0.